The first kappa shape index (κ1) is 17.4. The van der Waals surface area contributed by atoms with E-state index in [1.165, 1.54) is 19.2 Å². The molecule has 0 saturated carbocycles. The number of allylic oxidation sites excluding steroid dienone is 1. The number of ether oxygens (including phenoxy) is 1. The van der Waals surface area contributed by atoms with Crippen molar-refractivity contribution in [2.24, 2.45) is 5.10 Å². The first-order valence-corrected chi connectivity index (χ1v) is 8.07. The van der Waals surface area contributed by atoms with Gasteiger partial charge in [0, 0.05) is 41.7 Å². The van der Waals surface area contributed by atoms with Crippen molar-refractivity contribution in [2.45, 2.75) is 12.8 Å². The summed E-state index contributed by atoms with van der Waals surface area (Å²) in [6.45, 7) is 1.76. The molecule has 1 aliphatic heterocycles. The fourth-order valence-corrected chi connectivity index (χ4v) is 3.16. The summed E-state index contributed by atoms with van der Waals surface area (Å²) in [5.74, 6) is -1.83. The topological polar surface area (TPSA) is 24.8 Å². The van der Waals surface area contributed by atoms with E-state index in [-0.39, 0.29) is 11.3 Å². The van der Waals surface area contributed by atoms with Gasteiger partial charge >= 0.3 is 0 Å². The van der Waals surface area contributed by atoms with Gasteiger partial charge in [0.1, 0.15) is 17.4 Å². The predicted octanol–water partition coefficient (Wildman–Crippen LogP) is 5.07. The number of hydrogen-bond donors (Lipinski definition) is 0. The molecule has 1 heterocycles. The smallest absolute Gasteiger partial charge is 0.134 e. The standard InChI is InChI=1S/C19H17ClF2N2O/c1-11-18(19-16(21)8-14(25-3)9-17(19)22)15(10-24(2)23-11)12-4-6-13(20)7-5-12/h4-10,18H,1-3H3. The van der Waals surface area contributed by atoms with Crippen LogP contribution in [-0.2, 0) is 0 Å². The Morgan fingerprint density at radius 3 is 2.28 bits per heavy atom. The largest absolute Gasteiger partial charge is 0.497 e. The van der Waals surface area contributed by atoms with E-state index >= 15 is 0 Å². The highest BCUT2D eigenvalue weighted by Crippen LogP contribution is 2.40. The van der Waals surface area contributed by atoms with E-state index in [4.69, 9.17) is 16.3 Å². The maximum atomic E-state index is 14.7. The fourth-order valence-electron chi connectivity index (χ4n) is 3.04. The van der Waals surface area contributed by atoms with Gasteiger partial charge in [-0.25, -0.2) is 8.78 Å². The van der Waals surface area contributed by atoms with E-state index < -0.39 is 17.6 Å². The highest BCUT2D eigenvalue weighted by atomic mass is 35.5. The summed E-state index contributed by atoms with van der Waals surface area (Å²) >= 11 is 5.96. The molecule has 3 nitrogen and oxygen atoms in total. The molecule has 0 bridgehead atoms. The first-order chi connectivity index (χ1) is 11.9. The van der Waals surface area contributed by atoms with Gasteiger partial charge < -0.3 is 4.74 Å². The summed E-state index contributed by atoms with van der Waals surface area (Å²) in [6.07, 6.45) is 1.77. The summed E-state index contributed by atoms with van der Waals surface area (Å²) in [6, 6.07) is 9.51. The van der Waals surface area contributed by atoms with E-state index in [1.54, 1.807) is 37.3 Å². The second kappa shape index (κ2) is 6.84. The van der Waals surface area contributed by atoms with Crippen LogP contribution in [-0.4, -0.2) is 24.9 Å². The molecule has 0 aliphatic carbocycles. The molecule has 130 valence electrons. The molecule has 0 spiro atoms. The SMILES string of the molecule is COc1cc(F)c(C2C(c3ccc(Cl)cc3)=CN(C)N=C2C)c(F)c1. The third kappa shape index (κ3) is 3.37. The second-order valence-corrected chi connectivity index (χ2v) is 6.28. The third-order valence-electron chi connectivity index (χ3n) is 4.12. The maximum absolute atomic E-state index is 14.7. The molecule has 3 rings (SSSR count). The molecule has 25 heavy (non-hydrogen) atoms. The lowest BCUT2D eigenvalue weighted by molar-refractivity contribution is 0.405. The Hall–Kier alpha value is -2.40. The van der Waals surface area contributed by atoms with Crippen LogP contribution < -0.4 is 4.74 Å². The van der Waals surface area contributed by atoms with Crippen LogP contribution >= 0.6 is 11.6 Å². The average Bonchev–Trinajstić information content (AvgIpc) is 2.56. The highest BCUT2D eigenvalue weighted by Gasteiger charge is 2.31. The summed E-state index contributed by atoms with van der Waals surface area (Å²) in [4.78, 5) is 0. The van der Waals surface area contributed by atoms with Crippen molar-refractivity contribution in [1.29, 1.82) is 0 Å². The molecule has 2 aromatic carbocycles. The highest BCUT2D eigenvalue weighted by molar-refractivity contribution is 6.30. The summed E-state index contributed by atoms with van der Waals surface area (Å²) in [7, 11) is 3.14. The predicted molar refractivity (Wildman–Crippen MR) is 96.0 cm³/mol. The number of rotatable bonds is 3. The minimum Gasteiger partial charge on any atom is -0.497 e. The van der Waals surface area contributed by atoms with E-state index in [2.05, 4.69) is 5.10 Å². The van der Waals surface area contributed by atoms with E-state index in [0.717, 1.165) is 11.1 Å². The molecular formula is C19H17ClF2N2O. The zero-order valence-corrected chi connectivity index (χ0v) is 14.8. The molecule has 0 N–H and O–H groups in total. The maximum Gasteiger partial charge on any atom is 0.134 e. The van der Waals surface area contributed by atoms with E-state index in [0.29, 0.717) is 10.7 Å². The molecule has 1 atom stereocenters. The number of hydrazone groups is 1. The average molecular weight is 363 g/mol. The molecule has 0 aromatic heterocycles. The number of halogens is 3. The Bertz CT molecular complexity index is 839. The van der Waals surface area contributed by atoms with Gasteiger partial charge in [0.25, 0.3) is 0 Å². The Morgan fingerprint density at radius 1 is 1.12 bits per heavy atom. The summed E-state index contributed by atoms with van der Waals surface area (Å²) in [5.41, 5.74) is 2.12. The lowest BCUT2D eigenvalue weighted by atomic mass is 9.83. The van der Waals surface area contributed by atoms with Crippen LogP contribution in [0.1, 0.15) is 24.0 Å². The van der Waals surface area contributed by atoms with Crippen LogP contribution in [0, 0.1) is 11.6 Å². The molecule has 1 aliphatic rings. The van der Waals surface area contributed by atoms with Crippen LogP contribution in [0.4, 0.5) is 8.78 Å². The lowest BCUT2D eigenvalue weighted by Crippen LogP contribution is -2.23. The van der Waals surface area contributed by atoms with E-state index in [9.17, 15) is 8.78 Å². The van der Waals surface area contributed by atoms with Gasteiger partial charge in [0.05, 0.1) is 13.0 Å². The zero-order valence-electron chi connectivity index (χ0n) is 14.1. The van der Waals surface area contributed by atoms with Gasteiger partial charge in [-0.3, -0.25) is 5.01 Å². The van der Waals surface area contributed by atoms with Crippen LogP contribution in [0.5, 0.6) is 5.75 Å². The van der Waals surface area contributed by atoms with Crippen molar-refractivity contribution in [3.63, 3.8) is 0 Å². The third-order valence-corrected chi connectivity index (χ3v) is 4.38. The molecule has 0 radical (unpaired) electrons. The van der Waals surface area contributed by atoms with E-state index in [1.807, 2.05) is 12.1 Å². The van der Waals surface area contributed by atoms with Gasteiger partial charge in [0.2, 0.25) is 0 Å². The van der Waals surface area contributed by atoms with Gasteiger partial charge in [0.15, 0.2) is 0 Å². The molecular weight excluding hydrogens is 346 g/mol. The molecule has 1 unspecified atom stereocenters. The molecule has 0 amide bonds. The minimum atomic E-state index is -0.666. The Labute approximate surface area is 150 Å². The van der Waals surface area contributed by atoms with Gasteiger partial charge in [-0.2, -0.15) is 5.10 Å². The fraction of sp³-hybridized carbons (Fsp3) is 0.211. The Kier molecular flexibility index (Phi) is 4.77. The molecule has 0 fully saturated rings. The van der Waals surface area contributed by atoms with Crippen molar-refractivity contribution < 1.29 is 13.5 Å². The minimum absolute atomic E-state index is 0.0450. The quantitative estimate of drug-likeness (QED) is 0.761. The monoisotopic (exact) mass is 362 g/mol. The second-order valence-electron chi connectivity index (χ2n) is 5.84. The van der Waals surface area contributed by atoms with Gasteiger partial charge in [-0.15, -0.1) is 0 Å². The lowest BCUT2D eigenvalue weighted by Gasteiger charge is -2.28. The van der Waals surface area contributed by atoms with Crippen molar-refractivity contribution >= 4 is 22.9 Å². The molecule has 0 saturated heterocycles. The van der Waals surface area contributed by atoms with Crippen LogP contribution in [0.15, 0.2) is 47.7 Å². The van der Waals surface area contributed by atoms with Gasteiger partial charge in [-0.05, 0) is 30.2 Å². The number of nitrogens with zero attached hydrogens (tertiary/aromatic N) is 2. The van der Waals surface area contributed by atoms with Crippen molar-refractivity contribution in [3.8, 4) is 5.75 Å². The number of methoxy groups -OCH3 is 1. The van der Waals surface area contributed by atoms with Crippen LogP contribution in [0.25, 0.3) is 5.57 Å². The Balaban J connectivity index is 2.16. The molecule has 2 aromatic rings. The van der Waals surface area contributed by atoms with Crippen molar-refractivity contribution in [3.05, 3.63) is 70.4 Å². The normalized spacial score (nSPS) is 17.2. The van der Waals surface area contributed by atoms with Crippen LogP contribution in [0.3, 0.4) is 0 Å². The summed E-state index contributed by atoms with van der Waals surface area (Å²) in [5, 5.41) is 6.57. The Morgan fingerprint density at radius 2 is 1.72 bits per heavy atom. The zero-order chi connectivity index (χ0) is 18.1. The first-order valence-electron chi connectivity index (χ1n) is 7.69. The van der Waals surface area contributed by atoms with Crippen molar-refractivity contribution in [1.82, 2.24) is 5.01 Å². The van der Waals surface area contributed by atoms with Gasteiger partial charge in [-0.1, -0.05) is 23.7 Å². The number of benzene rings is 2. The number of hydrogen-bond acceptors (Lipinski definition) is 3. The summed E-state index contributed by atoms with van der Waals surface area (Å²) < 4.78 is 34.3. The molecule has 6 heteroatoms. The van der Waals surface area contributed by atoms with Crippen molar-refractivity contribution in [2.75, 3.05) is 14.2 Å². The van der Waals surface area contributed by atoms with Crippen LogP contribution in [0.2, 0.25) is 5.02 Å².